The molecule has 0 aliphatic heterocycles. The van der Waals surface area contributed by atoms with Crippen LogP contribution in [0.15, 0.2) is 54.6 Å². The van der Waals surface area contributed by atoms with Gasteiger partial charge in [0, 0.05) is 17.7 Å². The van der Waals surface area contributed by atoms with Gasteiger partial charge in [0.2, 0.25) is 0 Å². The van der Waals surface area contributed by atoms with Gasteiger partial charge >= 0.3 is 0 Å². The van der Waals surface area contributed by atoms with Gasteiger partial charge in [-0.25, -0.2) is 4.68 Å². The van der Waals surface area contributed by atoms with Crippen LogP contribution in [0.5, 0.6) is 0 Å². The lowest BCUT2D eigenvalue weighted by Gasteiger charge is -2.04. The molecule has 0 unspecified atom stereocenters. The van der Waals surface area contributed by atoms with Crippen LogP contribution in [-0.2, 0) is 0 Å². The number of nitro groups is 1. The summed E-state index contributed by atoms with van der Waals surface area (Å²) in [5.74, 6) is 0. The summed E-state index contributed by atoms with van der Waals surface area (Å²) in [7, 11) is 0. The van der Waals surface area contributed by atoms with E-state index in [1.54, 1.807) is 10.8 Å². The Hall–Kier alpha value is -3.43. The molecule has 26 heavy (non-hydrogen) atoms. The fourth-order valence-corrected chi connectivity index (χ4v) is 2.82. The van der Waals surface area contributed by atoms with Crippen molar-refractivity contribution in [2.45, 2.75) is 6.92 Å². The van der Waals surface area contributed by atoms with E-state index in [2.05, 4.69) is 11.2 Å². The third-order valence-electron chi connectivity index (χ3n) is 3.92. The van der Waals surface area contributed by atoms with E-state index in [1.165, 1.54) is 24.3 Å². The number of para-hydroxylation sites is 1. The molecule has 0 atom stereocenters. The van der Waals surface area contributed by atoms with Crippen LogP contribution < -0.4 is 0 Å². The summed E-state index contributed by atoms with van der Waals surface area (Å²) in [5.41, 5.74) is 3.16. The smallest absolute Gasteiger partial charge is 0.258 e. The molecular weight excluding hydrogens is 352 g/mol. The zero-order valence-corrected chi connectivity index (χ0v) is 14.5. The molecule has 0 bridgehead atoms. The average Bonchev–Trinajstić information content (AvgIpc) is 2.94. The normalized spacial score (nSPS) is 11.2. The van der Waals surface area contributed by atoms with E-state index in [-0.39, 0.29) is 10.8 Å². The maximum atomic E-state index is 10.8. The zero-order chi connectivity index (χ0) is 18.7. The van der Waals surface area contributed by atoms with Crippen molar-refractivity contribution in [2.75, 3.05) is 0 Å². The van der Waals surface area contributed by atoms with Crippen LogP contribution in [0.25, 0.3) is 17.3 Å². The molecule has 0 N–H and O–H groups in total. The van der Waals surface area contributed by atoms with Gasteiger partial charge in [0.25, 0.3) is 5.69 Å². The van der Waals surface area contributed by atoms with Gasteiger partial charge in [-0.2, -0.15) is 10.4 Å². The summed E-state index contributed by atoms with van der Waals surface area (Å²) in [4.78, 5) is 10.3. The molecular formula is C19H13ClN4O2. The largest absolute Gasteiger partial charge is 0.269 e. The Morgan fingerprint density at radius 3 is 2.46 bits per heavy atom. The molecule has 0 spiro atoms. The van der Waals surface area contributed by atoms with E-state index >= 15 is 0 Å². The number of nitriles is 1. The molecule has 0 aliphatic rings. The van der Waals surface area contributed by atoms with Crippen LogP contribution in [0.3, 0.4) is 0 Å². The van der Waals surface area contributed by atoms with Crippen molar-refractivity contribution in [3.05, 3.63) is 86.7 Å². The summed E-state index contributed by atoms with van der Waals surface area (Å²) in [6, 6.07) is 17.4. The highest BCUT2D eigenvalue weighted by Gasteiger charge is 2.14. The Labute approximate surface area is 154 Å². The number of halogens is 1. The van der Waals surface area contributed by atoms with E-state index in [0.29, 0.717) is 16.7 Å². The van der Waals surface area contributed by atoms with Gasteiger partial charge in [-0.1, -0.05) is 29.8 Å². The first-order valence-electron chi connectivity index (χ1n) is 7.68. The van der Waals surface area contributed by atoms with Gasteiger partial charge in [0.15, 0.2) is 5.15 Å². The number of aromatic nitrogens is 2. The van der Waals surface area contributed by atoms with Crippen LogP contribution in [0.1, 0.15) is 16.8 Å². The van der Waals surface area contributed by atoms with E-state index < -0.39 is 4.92 Å². The topological polar surface area (TPSA) is 84.8 Å². The van der Waals surface area contributed by atoms with Crippen molar-refractivity contribution < 1.29 is 4.92 Å². The monoisotopic (exact) mass is 364 g/mol. The molecule has 0 aliphatic carbocycles. The van der Waals surface area contributed by atoms with Gasteiger partial charge < -0.3 is 0 Å². The molecule has 1 heterocycles. The van der Waals surface area contributed by atoms with Crippen LogP contribution in [0, 0.1) is 28.4 Å². The minimum atomic E-state index is -0.482. The van der Waals surface area contributed by atoms with E-state index in [4.69, 9.17) is 11.6 Å². The second-order valence-corrected chi connectivity index (χ2v) is 5.87. The molecule has 3 rings (SSSR count). The first-order valence-corrected chi connectivity index (χ1v) is 8.06. The SMILES string of the molecule is Cc1c(C=C(C#N)c2ccc([N+](=O)[O-])cc2)c(Cl)nn1-c1ccccc1. The van der Waals surface area contributed by atoms with Gasteiger partial charge in [-0.15, -0.1) is 0 Å². The highest BCUT2D eigenvalue weighted by Crippen LogP contribution is 2.27. The molecule has 6 nitrogen and oxygen atoms in total. The third kappa shape index (κ3) is 3.34. The quantitative estimate of drug-likeness (QED) is 0.378. The van der Waals surface area contributed by atoms with Crippen molar-refractivity contribution >= 4 is 28.9 Å². The summed E-state index contributed by atoms with van der Waals surface area (Å²) >= 11 is 6.28. The molecule has 0 saturated heterocycles. The molecule has 0 saturated carbocycles. The molecule has 2 aromatic carbocycles. The lowest BCUT2D eigenvalue weighted by Crippen LogP contribution is -1.98. The van der Waals surface area contributed by atoms with E-state index in [1.807, 2.05) is 37.3 Å². The Kier molecular flexibility index (Phi) is 4.83. The Balaban J connectivity index is 2.04. The second kappa shape index (κ2) is 7.21. The number of allylic oxidation sites excluding steroid dienone is 1. The molecule has 7 heteroatoms. The molecule has 0 amide bonds. The predicted molar refractivity (Wildman–Crippen MR) is 99.9 cm³/mol. The Morgan fingerprint density at radius 1 is 1.23 bits per heavy atom. The molecule has 128 valence electrons. The van der Waals surface area contributed by atoms with Crippen LogP contribution in [0.2, 0.25) is 5.15 Å². The van der Waals surface area contributed by atoms with Crippen LogP contribution in [0.4, 0.5) is 5.69 Å². The molecule has 0 fully saturated rings. The van der Waals surface area contributed by atoms with Crippen molar-refractivity contribution in [1.29, 1.82) is 5.26 Å². The molecule has 1 aromatic heterocycles. The number of non-ortho nitro benzene ring substituents is 1. The lowest BCUT2D eigenvalue weighted by atomic mass is 10.0. The lowest BCUT2D eigenvalue weighted by molar-refractivity contribution is -0.384. The van der Waals surface area contributed by atoms with Crippen molar-refractivity contribution in [3.8, 4) is 11.8 Å². The Bertz CT molecular complexity index is 1030. The van der Waals surface area contributed by atoms with Crippen LogP contribution in [-0.4, -0.2) is 14.7 Å². The van der Waals surface area contributed by atoms with Crippen LogP contribution >= 0.6 is 11.6 Å². The maximum absolute atomic E-state index is 10.8. The molecule has 0 radical (unpaired) electrons. The number of benzene rings is 2. The van der Waals surface area contributed by atoms with Gasteiger partial charge in [-0.05, 0) is 42.8 Å². The standard InChI is InChI=1S/C19H13ClN4O2/c1-13-18(19(20)22-23(13)16-5-3-2-4-6-16)11-15(12-21)14-7-9-17(10-8-14)24(25)26/h2-11H,1H3. The first-order chi connectivity index (χ1) is 12.5. The summed E-state index contributed by atoms with van der Waals surface area (Å²) in [6.07, 6.45) is 1.64. The maximum Gasteiger partial charge on any atom is 0.269 e. The summed E-state index contributed by atoms with van der Waals surface area (Å²) < 4.78 is 1.71. The minimum absolute atomic E-state index is 0.0304. The van der Waals surface area contributed by atoms with Crippen molar-refractivity contribution in [2.24, 2.45) is 0 Å². The van der Waals surface area contributed by atoms with Gasteiger partial charge in [-0.3, -0.25) is 10.1 Å². The van der Waals surface area contributed by atoms with E-state index in [9.17, 15) is 15.4 Å². The van der Waals surface area contributed by atoms with Crippen molar-refractivity contribution in [1.82, 2.24) is 9.78 Å². The molecule has 3 aromatic rings. The predicted octanol–water partition coefficient (Wildman–Crippen LogP) is 4.81. The summed E-state index contributed by atoms with van der Waals surface area (Å²) in [5, 5.41) is 24.9. The fraction of sp³-hybridized carbons (Fsp3) is 0.0526. The number of hydrogen-bond acceptors (Lipinski definition) is 4. The Morgan fingerprint density at radius 2 is 1.88 bits per heavy atom. The zero-order valence-electron chi connectivity index (χ0n) is 13.8. The number of nitrogens with zero attached hydrogens (tertiary/aromatic N) is 4. The van der Waals surface area contributed by atoms with Gasteiger partial charge in [0.05, 0.1) is 27.9 Å². The number of nitro benzene ring substituents is 1. The number of rotatable bonds is 4. The first kappa shape index (κ1) is 17.4. The number of hydrogen-bond donors (Lipinski definition) is 0. The second-order valence-electron chi connectivity index (χ2n) is 5.51. The van der Waals surface area contributed by atoms with Crippen molar-refractivity contribution in [3.63, 3.8) is 0 Å². The average molecular weight is 365 g/mol. The minimum Gasteiger partial charge on any atom is -0.258 e. The highest BCUT2D eigenvalue weighted by molar-refractivity contribution is 6.31. The van der Waals surface area contributed by atoms with E-state index in [0.717, 1.165) is 11.4 Å². The highest BCUT2D eigenvalue weighted by atomic mass is 35.5. The fourth-order valence-electron chi connectivity index (χ4n) is 2.55. The summed E-state index contributed by atoms with van der Waals surface area (Å²) in [6.45, 7) is 1.86. The van der Waals surface area contributed by atoms with Gasteiger partial charge in [0.1, 0.15) is 0 Å². The third-order valence-corrected chi connectivity index (χ3v) is 4.20.